The van der Waals surface area contributed by atoms with Crippen LogP contribution in [0.3, 0.4) is 0 Å². The normalized spacial score (nSPS) is 14.0. The van der Waals surface area contributed by atoms with Gasteiger partial charge in [-0.1, -0.05) is 50.8 Å². The largest absolute Gasteiger partial charge is 0.497 e. The summed E-state index contributed by atoms with van der Waals surface area (Å²) in [6, 6.07) is 7.01. The molecule has 0 saturated carbocycles. The number of hydrogen-bond donors (Lipinski definition) is 1. The number of ether oxygens (including phenoxy) is 1. The van der Waals surface area contributed by atoms with Crippen molar-refractivity contribution in [3.63, 3.8) is 0 Å². The maximum atomic E-state index is 12.3. The van der Waals surface area contributed by atoms with E-state index in [1.54, 1.807) is 36.3 Å². The molecule has 0 unspecified atom stereocenters. The molecule has 1 aliphatic heterocycles. The monoisotopic (exact) mass is 419 g/mol. The SMILES string of the molecule is CCCCCCCCN1C(=O)CC(=O)N=C1SCC(=O)Nc1ccc(OC)cc1. The van der Waals surface area contributed by atoms with Crippen molar-refractivity contribution < 1.29 is 19.1 Å². The third-order valence-corrected chi connectivity index (χ3v) is 5.47. The number of aliphatic imine (C=N–C) groups is 1. The number of nitrogens with one attached hydrogen (secondary N) is 1. The lowest BCUT2D eigenvalue weighted by Gasteiger charge is -2.26. The molecule has 29 heavy (non-hydrogen) atoms. The Labute approximate surface area is 176 Å². The maximum Gasteiger partial charge on any atom is 0.257 e. The molecule has 0 bridgehead atoms. The summed E-state index contributed by atoms with van der Waals surface area (Å²) in [5, 5.41) is 3.11. The number of rotatable bonds is 11. The molecule has 0 aromatic heterocycles. The topological polar surface area (TPSA) is 88.1 Å². The summed E-state index contributed by atoms with van der Waals surface area (Å²) >= 11 is 1.12. The second kappa shape index (κ2) is 12.3. The molecule has 1 heterocycles. The zero-order valence-corrected chi connectivity index (χ0v) is 17.9. The van der Waals surface area contributed by atoms with Crippen molar-refractivity contribution >= 4 is 40.3 Å². The molecule has 7 nitrogen and oxygen atoms in total. The number of unbranched alkanes of at least 4 members (excludes halogenated alkanes) is 5. The molecule has 0 radical (unpaired) electrons. The summed E-state index contributed by atoms with van der Waals surface area (Å²) < 4.78 is 5.09. The van der Waals surface area contributed by atoms with Gasteiger partial charge in [0.25, 0.3) is 5.91 Å². The van der Waals surface area contributed by atoms with Gasteiger partial charge in [-0.2, -0.15) is 4.99 Å². The highest BCUT2D eigenvalue weighted by Gasteiger charge is 2.28. The van der Waals surface area contributed by atoms with Crippen LogP contribution in [-0.4, -0.2) is 47.2 Å². The molecule has 1 aliphatic rings. The Kier molecular flexibility index (Phi) is 9.70. The number of benzene rings is 1. The van der Waals surface area contributed by atoms with Crippen molar-refractivity contribution in [2.75, 3.05) is 24.7 Å². The second-order valence-electron chi connectivity index (χ2n) is 6.84. The highest BCUT2D eigenvalue weighted by molar-refractivity contribution is 8.14. The van der Waals surface area contributed by atoms with Crippen LogP contribution in [0, 0.1) is 0 Å². The van der Waals surface area contributed by atoms with Gasteiger partial charge in [-0.25, -0.2) is 0 Å². The van der Waals surface area contributed by atoms with Crippen LogP contribution in [0.2, 0.25) is 0 Å². The Morgan fingerprint density at radius 3 is 2.52 bits per heavy atom. The molecule has 0 atom stereocenters. The quantitative estimate of drug-likeness (QED) is 0.435. The first kappa shape index (κ1) is 22.9. The minimum Gasteiger partial charge on any atom is -0.497 e. The van der Waals surface area contributed by atoms with Crippen molar-refractivity contribution in [3.8, 4) is 5.75 Å². The molecular formula is C21H29N3O4S. The number of thioether (sulfide) groups is 1. The first-order valence-electron chi connectivity index (χ1n) is 10.0. The van der Waals surface area contributed by atoms with Crippen LogP contribution in [0.15, 0.2) is 29.3 Å². The summed E-state index contributed by atoms with van der Waals surface area (Å²) in [7, 11) is 1.58. The Hall–Kier alpha value is -2.35. The summed E-state index contributed by atoms with van der Waals surface area (Å²) in [5.41, 5.74) is 0.651. The van der Waals surface area contributed by atoms with Gasteiger partial charge in [-0.15, -0.1) is 0 Å². The van der Waals surface area contributed by atoms with Crippen LogP contribution < -0.4 is 10.1 Å². The summed E-state index contributed by atoms with van der Waals surface area (Å²) in [6.07, 6.45) is 6.46. The van der Waals surface area contributed by atoms with Gasteiger partial charge in [0.2, 0.25) is 11.8 Å². The van der Waals surface area contributed by atoms with Crippen LogP contribution in [0.1, 0.15) is 51.9 Å². The standard InChI is InChI=1S/C21H29N3O4S/c1-3-4-5-6-7-8-13-24-20(27)14-18(25)23-21(24)29-15-19(26)22-16-9-11-17(28-2)12-10-16/h9-12H,3-8,13-15H2,1-2H3,(H,22,26). The highest BCUT2D eigenvalue weighted by atomic mass is 32.2. The second-order valence-corrected chi connectivity index (χ2v) is 7.79. The van der Waals surface area contributed by atoms with Crippen LogP contribution in [0.5, 0.6) is 5.75 Å². The van der Waals surface area contributed by atoms with Gasteiger partial charge in [0, 0.05) is 12.2 Å². The van der Waals surface area contributed by atoms with E-state index in [1.165, 1.54) is 19.3 Å². The Bertz CT molecular complexity index is 734. The van der Waals surface area contributed by atoms with E-state index in [9.17, 15) is 14.4 Å². The van der Waals surface area contributed by atoms with Crippen molar-refractivity contribution in [2.45, 2.75) is 51.9 Å². The van der Waals surface area contributed by atoms with Gasteiger partial charge in [0.15, 0.2) is 5.17 Å². The summed E-state index contributed by atoms with van der Waals surface area (Å²) in [6.45, 7) is 2.71. The predicted octanol–water partition coefficient (Wildman–Crippen LogP) is 3.84. The molecular weight excluding hydrogens is 390 g/mol. The van der Waals surface area contributed by atoms with Crippen LogP contribution in [0.25, 0.3) is 0 Å². The number of amidine groups is 1. The smallest absolute Gasteiger partial charge is 0.257 e. The van der Waals surface area contributed by atoms with E-state index in [-0.39, 0.29) is 24.0 Å². The maximum absolute atomic E-state index is 12.3. The van der Waals surface area contributed by atoms with Gasteiger partial charge < -0.3 is 10.1 Å². The van der Waals surface area contributed by atoms with Gasteiger partial charge >= 0.3 is 0 Å². The van der Waals surface area contributed by atoms with E-state index < -0.39 is 5.91 Å². The number of anilines is 1. The third-order valence-electron chi connectivity index (χ3n) is 4.50. The van der Waals surface area contributed by atoms with Crippen LogP contribution in [0.4, 0.5) is 5.69 Å². The Morgan fingerprint density at radius 1 is 1.14 bits per heavy atom. The lowest BCUT2D eigenvalue weighted by Crippen LogP contribution is -2.41. The Balaban J connectivity index is 1.85. The molecule has 158 valence electrons. The molecule has 0 fully saturated rings. The van der Waals surface area contributed by atoms with Crippen molar-refractivity contribution in [3.05, 3.63) is 24.3 Å². The number of hydrogen-bond acceptors (Lipinski definition) is 5. The molecule has 2 rings (SSSR count). The zero-order chi connectivity index (χ0) is 21.1. The first-order valence-corrected chi connectivity index (χ1v) is 11.0. The van der Waals surface area contributed by atoms with E-state index in [2.05, 4.69) is 17.2 Å². The fraction of sp³-hybridized carbons (Fsp3) is 0.524. The molecule has 0 spiro atoms. The molecule has 1 N–H and O–H groups in total. The first-order chi connectivity index (χ1) is 14.0. The van der Waals surface area contributed by atoms with E-state index in [0.717, 1.165) is 31.0 Å². The molecule has 1 aromatic carbocycles. The van der Waals surface area contributed by atoms with E-state index in [4.69, 9.17) is 4.74 Å². The van der Waals surface area contributed by atoms with Crippen LogP contribution >= 0.6 is 11.8 Å². The van der Waals surface area contributed by atoms with Gasteiger partial charge in [-0.05, 0) is 30.7 Å². The minimum absolute atomic E-state index is 0.0679. The van der Waals surface area contributed by atoms with E-state index >= 15 is 0 Å². The lowest BCUT2D eigenvalue weighted by molar-refractivity contribution is -0.133. The number of amides is 3. The van der Waals surface area contributed by atoms with Crippen molar-refractivity contribution in [2.24, 2.45) is 4.99 Å². The zero-order valence-electron chi connectivity index (χ0n) is 17.1. The molecule has 0 aliphatic carbocycles. The highest BCUT2D eigenvalue weighted by Crippen LogP contribution is 2.19. The van der Waals surface area contributed by atoms with Gasteiger partial charge in [0.05, 0.1) is 12.9 Å². The molecule has 8 heteroatoms. The number of nitrogens with zero attached hydrogens (tertiary/aromatic N) is 2. The molecule has 1 aromatic rings. The third kappa shape index (κ3) is 7.89. The Morgan fingerprint density at radius 2 is 1.83 bits per heavy atom. The fourth-order valence-electron chi connectivity index (χ4n) is 2.92. The number of carbonyl (C=O) groups is 3. The average Bonchev–Trinajstić information content (AvgIpc) is 2.71. The summed E-state index contributed by atoms with van der Waals surface area (Å²) in [4.78, 5) is 41.8. The number of carbonyl (C=O) groups excluding carboxylic acids is 3. The fourth-order valence-corrected chi connectivity index (χ4v) is 3.77. The van der Waals surface area contributed by atoms with Gasteiger partial charge in [0.1, 0.15) is 12.2 Å². The minimum atomic E-state index is -0.452. The molecule has 3 amide bonds. The van der Waals surface area contributed by atoms with Gasteiger partial charge in [-0.3, -0.25) is 19.3 Å². The number of methoxy groups -OCH3 is 1. The van der Waals surface area contributed by atoms with E-state index in [0.29, 0.717) is 23.1 Å². The van der Waals surface area contributed by atoms with E-state index in [1.807, 2.05) is 0 Å². The van der Waals surface area contributed by atoms with Crippen molar-refractivity contribution in [1.29, 1.82) is 0 Å². The predicted molar refractivity (Wildman–Crippen MR) is 116 cm³/mol. The average molecular weight is 420 g/mol. The van der Waals surface area contributed by atoms with Crippen LogP contribution in [-0.2, 0) is 14.4 Å². The molecule has 0 saturated heterocycles. The van der Waals surface area contributed by atoms with Crippen molar-refractivity contribution in [1.82, 2.24) is 4.90 Å². The summed E-state index contributed by atoms with van der Waals surface area (Å²) in [5.74, 6) is -0.147. The lowest BCUT2D eigenvalue weighted by atomic mass is 10.1.